The number of benzene rings is 1. The minimum absolute atomic E-state index is 0.687. The molecule has 2 unspecified atom stereocenters. The van der Waals surface area contributed by atoms with Crippen molar-refractivity contribution in [3.05, 3.63) is 24.3 Å². The van der Waals surface area contributed by atoms with E-state index in [1.54, 1.807) is 7.11 Å². The topological polar surface area (TPSA) is 24.5 Å². The van der Waals surface area contributed by atoms with Gasteiger partial charge in [0, 0.05) is 19.6 Å². The van der Waals surface area contributed by atoms with Crippen LogP contribution in [-0.2, 0) is 0 Å². The Morgan fingerprint density at radius 2 is 2.10 bits per heavy atom. The Balaban J connectivity index is 1.97. The fraction of sp³-hybridized carbons (Fsp3) is 0.647. The van der Waals surface area contributed by atoms with Gasteiger partial charge < -0.3 is 15.0 Å². The minimum atomic E-state index is 0.687. The number of ether oxygens (including phenoxy) is 1. The van der Waals surface area contributed by atoms with Gasteiger partial charge in [-0.15, -0.1) is 0 Å². The molecular weight excluding hydrogens is 248 g/mol. The lowest BCUT2D eigenvalue weighted by atomic mass is 10.0. The molecule has 0 aromatic heterocycles. The number of hydrogen-bond donors (Lipinski definition) is 1. The van der Waals surface area contributed by atoms with Crippen LogP contribution in [0.1, 0.15) is 32.6 Å². The molecule has 3 nitrogen and oxygen atoms in total. The van der Waals surface area contributed by atoms with Crippen LogP contribution in [-0.4, -0.2) is 33.3 Å². The molecular formula is C17H28N2O. The van der Waals surface area contributed by atoms with Crippen molar-refractivity contribution in [1.29, 1.82) is 0 Å². The quantitative estimate of drug-likeness (QED) is 0.827. The Morgan fingerprint density at radius 1 is 1.30 bits per heavy atom. The molecule has 2 rings (SSSR count). The summed E-state index contributed by atoms with van der Waals surface area (Å²) in [7, 11) is 3.92. The highest BCUT2D eigenvalue weighted by molar-refractivity contribution is 5.57. The normalized spacial score (nSPS) is 21.9. The van der Waals surface area contributed by atoms with Gasteiger partial charge in [0.25, 0.3) is 0 Å². The highest BCUT2D eigenvalue weighted by atomic mass is 16.5. The molecule has 0 bridgehead atoms. The Kier molecular flexibility index (Phi) is 5.72. The van der Waals surface area contributed by atoms with E-state index in [1.807, 2.05) is 12.1 Å². The molecule has 0 saturated heterocycles. The number of hydrogen-bond acceptors (Lipinski definition) is 3. The number of nitrogens with zero attached hydrogens (tertiary/aromatic N) is 1. The molecule has 2 atom stereocenters. The summed E-state index contributed by atoms with van der Waals surface area (Å²) in [5.74, 6) is 1.71. The lowest BCUT2D eigenvalue weighted by molar-refractivity contribution is 0.396. The maximum Gasteiger partial charge on any atom is 0.142 e. The van der Waals surface area contributed by atoms with Crippen molar-refractivity contribution < 1.29 is 4.74 Å². The van der Waals surface area contributed by atoms with Gasteiger partial charge in [-0.1, -0.05) is 25.5 Å². The third-order valence-electron chi connectivity index (χ3n) is 4.32. The predicted octanol–water partition coefficient (Wildman–Crippen LogP) is 3.30. The van der Waals surface area contributed by atoms with Crippen LogP contribution in [0.25, 0.3) is 0 Å². The molecule has 1 N–H and O–H groups in total. The summed E-state index contributed by atoms with van der Waals surface area (Å²) in [5.41, 5.74) is 1.19. The molecule has 0 heterocycles. The Bertz CT molecular complexity index is 408. The van der Waals surface area contributed by atoms with E-state index in [0.717, 1.165) is 24.8 Å². The maximum atomic E-state index is 5.47. The lowest BCUT2D eigenvalue weighted by Gasteiger charge is -2.28. The largest absolute Gasteiger partial charge is 0.495 e. The highest BCUT2D eigenvalue weighted by Gasteiger charge is 2.28. The van der Waals surface area contributed by atoms with Crippen LogP contribution >= 0.6 is 0 Å². The molecule has 112 valence electrons. The van der Waals surface area contributed by atoms with Gasteiger partial charge in [-0.05, 0) is 43.9 Å². The van der Waals surface area contributed by atoms with Crippen molar-refractivity contribution in [3.63, 3.8) is 0 Å². The van der Waals surface area contributed by atoms with Crippen LogP contribution in [0.5, 0.6) is 5.75 Å². The summed E-state index contributed by atoms with van der Waals surface area (Å²) < 4.78 is 5.47. The number of anilines is 1. The molecule has 1 saturated carbocycles. The van der Waals surface area contributed by atoms with Crippen molar-refractivity contribution in [3.8, 4) is 5.75 Å². The molecule has 0 radical (unpaired) electrons. The van der Waals surface area contributed by atoms with Crippen molar-refractivity contribution in [2.75, 3.05) is 32.1 Å². The van der Waals surface area contributed by atoms with Crippen LogP contribution in [0.2, 0.25) is 0 Å². The van der Waals surface area contributed by atoms with Gasteiger partial charge in [-0.25, -0.2) is 0 Å². The third-order valence-corrected chi connectivity index (χ3v) is 4.32. The zero-order chi connectivity index (χ0) is 14.4. The first-order chi connectivity index (χ1) is 9.76. The molecule has 20 heavy (non-hydrogen) atoms. The highest BCUT2D eigenvalue weighted by Crippen LogP contribution is 2.31. The Labute approximate surface area is 123 Å². The van der Waals surface area contributed by atoms with Crippen molar-refractivity contribution in [2.45, 2.75) is 38.6 Å². The van der Waals surface area contributed by atoms with Gasteiger partial charge in [-0.2, -0.15) is 0 Å². The second kappa shape index (κ2) is 7.53. The summed E-state index contributed by atoms with van der Waals surface area (Å²) in [4.78, 5) is 2.34. The van der Waals surface area contributed by atoms with E-state index in [9.17, 15) is 0 Å². The van der Waals surface area contributed by atoms with Gasteiger partial charge in [0.1, 0.15) is 5.75 Å². The molecule has 1 fully saturated rings. The van der Waals surface area contributed by atoms with Gasteiger partial charge >= 0.3 is 0 Å². The first-order valence-corrected chi connectivity index (χ1v) is 7.83. The molecule has 1 aliphatic carbocycles. The van der Waals surface area contributed by atoms with Crippen LogP contribution in [0.15, 0.2) is 24.3 Å². The minimum Gasteiger partial charge on any atom is -0.495 e. The van der Waals surface area contributed by atoms with Gasteiger partial charge in [-0.3, -0.25) is 0 Å². The van der Waals surface area contributed by atoms with Gasteiger partial charge in [0.2, 0.25) is 0 Å². The summed E-state index contributed by atoms with van der Waals surface area (Å²) in [5, 5.41) is 3.71. The molecule has 0 aliphatic heterocycles. The number of methoxy groups -OCH3 is 1. The van der Waals surface area contributed by atoms with Gasteiger partial charge in [0.15, 0.2) is 0 Å². The van der Waals surface area contributed by atoms with Crippen molar-refractivity contribution >= 4 is 5.69 Å². The second-order valence-corrected chi connectivity index (χ2v) is 5.80. The fourth-order valence-electron chi connectivity index (χ4n) is 3.25. The fourth-order valence-corrected chi connectivity index (χ4v) is 3.25. The SMILES string of the molecule is CCCNC1CCCC1CN(C)c1ccccc1OC. The smallest absolute Gasteiger partial charge is 0.142 e. The zero-order valence-electron chi connectivity index (χ0n) is 13.1. The Hall–Kier alpha value is -1.22. The van der Waals surface area contributed by atoms with E-state index in [4.69, 9.17) is 4.74 Å². The average Bonchev–Trinajstić information content (AvgIpc) is 2.92. The van der Waals surface area contributed by atoms with E-state index in [2.05, 4.69) is 36.3 Å². The summed E-state index contributed by atoms with van der Waals surface area (Å²) in [6, 6.07) is 8.97. The predicted molar refractivity (Wildman–Crippen MR) is 85.7 cm³/mol. The van der Waals surface area contributed by atoms with Crippen molar-refractivity contribution in [1.82, 2.24) is 5.32 Å². The number of para-hydroxylation sites is 2. The summed E-state index contributed by atoms with van der Waals surface area (Å²) in [6.45, 7) is 4.47. The molecule has 1 aromatic rings. The monoisotopic (exact) mass is 276 g/mol. The molecule has 1 aromatic carbocycles. The first-order valence-electron chi connectivity index (χ1n) is 7.83. The average molecular weight is 276 g/mol. The summed E-state index contributed by atoms with van der Waals surface area (Å²) in [6.07, 6.45) is 5.22. The van der Waals surface area contributed by atoms with Crippen LogP contribution < -0.4 is 15.0 Å². The van der Waals surface area contributed by atoms with E-state index in [-0.39, 0.29) is 0 Å². The van der Waals surface area contributed by atoms with Crippen LogP contribution in [0, 0.1) is 5.92 Å². The molecule has 0 amide bonds. The maximum absolute atomic E-state index is 5.47. The number of nitrogens with one attached hydrogen (secondary N) is 1. The lowest BCUT2D eigenvalue weighted by Crippen LogP contribution is -2.38. The van der Waals surface area contributed by atoms with E-state index >= 15 is 0 Å². The van der Waals surface area contributed by atoms with Crippen molar-refractivity contribution in [2.24, 2.45) is 5.92 Å². The third kappa shape index (κ3) is 3.66. The first kappa shape index (κ1) is 15.2. The zero-order valence-corrected chi connectivity index (χ0v) is 13.1. The van der Waals surface area contributed by atoms with Crippen LogP contribution in [0.4, 0.5) is 5.69 Å². The Morgan fingerprint density at radius 3 is 2.85 bits per heavy atom. The molecule has 1 aliphatic rings. The van der Waals surface area contributed by atoms with E-state index in [1.165, 1.54) is 31.4 Å². The molecule has 0 spiro atoms. The standard InChI is InChI=1S/C17H28N2O/c1-4-12-18-15-9-7-8-14(15)13-19(2)16-10-5-6-11-17(16)20-3/h5-6,10-11,14-15,18H,4,7-9,12-13H2,1-3H3. The van der Waals surface area contributed by atoms with E-state index < -0.39 is 0 Å². The molecule has 3 heteroatoms. The van der Waals surface area contributed by atoms with Gasteiger partial charge in [0.05, 0.1) is 12.8 Å². The summed E-state index contributed by atoms with van der Waals surface area (Å²) >= 11 is 0. The van der Waals surface area contributed by atoms with E-state index in [0.29, 0.717) is 6.04 Å². The second-order valence-electron chi connectivity index (χ2n) is 5.80. The number of rotatable bonds is 7. The van der Waals surface area contributed by atoms with Crippen LogP contribution in [0.3, 0.4) is 0 Å².